The van der Waals surface area contributed by atoms with Gasteiger partial charge in [0.25, 0.3) is 0 Å². The number of ether oxygens (including phenoxy) is 3. The third-order valence-corrected chi connectivity index (χ3v) is 4.68. The number of hydrogen-bond acceptors (Lipinski definition) is 6. The van der Waals surface area contributed by atoms with Gasteiger partial charge in [-0.1, -0.05) is 12.1 Å². The summed E-state index contributed by atoms with van der Waals surface area (Å²) in [5.41, 5.74) is 1.49. The van der Waals surface area contributed by atoms with Crippen molar-refractivity contribution in [2.75, 3.05) is 19.8 Å². The molecule has 0 amide bonds. The van der Waals surface area contributed by atoms with Gasteiger partial charge in [-0.25, -0.2) is 4.98 Å². The molecule has 146 valence electrons. The van der Waals surface area contributed by atoms with E-state index in [1.807, 2.05) is 55.5 Å². The summed E-state index contributed by atoms with van der Waals surface area (Å²) in [5, 5.41) is 11.4. The lowest BCUT2D eigenvalue weighted by Gasteiger charge is -2.12. The van der Waals surface area contributed by atoms with E-state index in [0.29, 0.717) is 31.3 Å². The Labute approximate surface area is 167 Å². The van der Waals surface area contributed by atoms with Crippen LogP contribution in [-0.4, -0.2) is 35.9 Å². The quantitative estimate of drug-likeness (QED) is 0.512. The molecule has 0 radical (unpaired) electrons. The molecular weight excluding hydrogens is 378 g/mol. The zero-order chi connectivity index (χ0) is 19.8. The molecule has 1 aromatic heterocycles. The van der Waals surface area contributed by atoms with Gasteiger partial charge in [0.05, 0.1) is 18.7 Å². The standard InChI is InChI=1S/C21H21NO5S/c1-2-25-18-5-3-4-6-19(18)27-12-11-26-17-9-7-15(8-10-17)21-22-16(14-28-21)13-20(23)24/h3-10,14H,2,11-13H2,1H3,(H,23,24). The first kappa shape index (κ1) is 19.7. The van der Waals surface area contributed by atoms with Crippen LogP contribution in [-0.2, 0) is 11.2 Å². The Morgan fingerprint density at radius 3 is 2.36 bits per heavy atom. The largest absolute Gasteiger partial charge is 0.490 e. The number of carboxylic acid groups (broad SMARTS) is 1. The van der Waals surface area contributed by atoms with Gasteiger partial charge in [-0.2, -0.15) is 0 Å². The average molecular weight is 399 g/mol. The Morgan fingerprint density at radius 1 is 1.00 bits per heavy atom. The molecule has 0 unspecified atom stereocenters. The van der Waals surface area contributed by atoms with Gasteiger partial charge >= 0.3 is 5.97 Å². The summed E-state index contributed by atoms with van der Waals surface area (Å²) in [6.45, 7) is 3.32. The van der Waals surface area contributed by atoms with E-state index in [9.17, 15) is 4.79 Å². The fourth-order valence-electron chi connectivity index (χ4n) is 2.52. The first-order valence-electron chi connectivity index (χ1n) is 8.89. The van der Waals surface area contributed by atoms with Crippen LogP contribution in [0.3, 0.4) is 0 Å². The van der Waals surface area contributed by atoms with Gasteiger partial charge in [-0.05, 0) is 43.3 Å². The highest BCUT2D eigenvalue weighted by atomic mass is 32.1. The van der Waals surface area contributed by atoms with E-state index >= 15 is 0 Å². The van der Waals surface area contributed by atoms with Crippen molar-refractivity contribution in [1.29, 1.82) is 0 Å². The summed E-state index contributed by atoms with van der Waals surface area (Å²) in [4.78, 5) is 15.1. The first-order chi connectivity index (χ1) is 13.7. The highest BCUT2D eigenvalue weighted by Crippen LogP contribution is 2.27. The van der Waals surface area contributed by atoms with Crippen LogP contribution in [0.2, 0.25) is 0 Å². The highest BCUT2D eigenvalue weighted by molar-refractivity contribution is 7.13. The molecule has 1 N–H and O–H groups in total. The van der Waals surface area contributed by atoms with Crippen molar-refractivity contribution in [3.05, 3.63) is 59.6 Å². The molecule has 0 saturated heterocycles. The Kier molecular flexibility index (Phi) is 6.86. The molecule has 1 heterocycles. The van der Waals surface area contributed by atoms with Crippen LogP contribution in [0, 0.1) is 0 Å². The van der Waals surface area contributed by atoms with Crippen LogP contribution in [0.4, 0.5) is 0 Å². The van der Waals surface area contributed by atoms with Crippen molar-refractivity contribution in [3.8, 4) is 27.8 Å². The zero-order valence-electron chi connectivity index (χ0n) is 15.5. The molecule has 0 spiro atoms. The molecule has 7 heteroatoms. The van der Waals surface area contributed by atoms with Crippen molar-refractivity contribution >= 4 is 17.3 Å². The van der Waals surface area contributed by atoms with E-state index < -0.39 is 5.97 Å². The Balaban J connectivity index is 1.50. The van der Waals surface area contributed by atoms with Crippen LogP contribution in [0.25, 0.3) is 10.6 Å². The van der Waals surface area contributed by atoms with Crippen molar-refractivity contribution in [1.82, 2.24) is 4.98 Å². The molecular formula is C21H21NO5S. The summed E-state index contributed by atoms with van der Waals surface area (Å²) in [7, 11) is 0. The summed E-state index contributed by atoms with van der Waals surface area (Å²) >= 11 is 1.43. The molecule has 3 aromatic rings. The van der Waals surface area contributed by atoms with Crippen molar-refractivity contribution < 1.29 is 24.1 Å². The maximum absolute atomic E-state index is 10.8. The number of hydrogen-bond donors (Lipinski definition) is 1. The first-order valence-corrected chi connectivity index (χ1v) is 9.77. The second kappa shape index (κ2) is 9.75. The lowest BCUT2D eigenvalue weighted by Crippen LogP contribution is -2.09. The van der Waals surface area contributed by atoms with Crippen molar-refractivity contribution in [2.45, 2.75) is 13.3 Å². The van der Waals surface area contributed by atoms with Crippen LogP contribution in [0.15, 0.2) is 53.9 Å². The number of para-hydroxylation sites is 2. The van der Waals surface area contributed by atoms with E-state index in [-0.39, 0.29) is 6.42 Å². The zero-order valence-corrected chi connectivity index (χ0v) is 16.3. The van der Waals surface area contributed by atoms with Crippen LogP contribution in [0.5, 0.6) is 17.2 Å². The molecule has 3 rings (SSSR count). The van der Waals surface area contributed by atoms with E-state index in [4.69, 9.17) is 19.3 Å². The summed E-state index contributed by atoms with van der Waals surface area (Å²) in [6.07, 6.45) is -0.0654. The smallest absolute Gasteiger partial charge is 0.309 e. The average Bonchev–Trinajstić information content (AvgIpc) is 3.15. The molecule has 0 aliphatic rings. The molecule has 0 fully saturated rings. The summed E-state index contributed by atoms with van der Waals surface area (Å²) < 4.78 is 17.0. The van der Waals surface area contributed by atoms with Crippen LogP contribution < -0.4 is 14.2 Å². The van der Waals surface area contributed by atoms with E-state index in [1.54, 1.807) is 5.38 Å². The van der Waals surface area contributed by atoms with E-state index in [2.05, 4.69) is 4.98 Å². The monoisotopic (exact) mass is 399 g/mol. The van der Waals surface area contributed by atoms with Gasteiger partial charge in [0.15, 0.2) is 11.5 Å². The van der Waals surface area contributed by atoms with Crippen molar-refractivity contribution in [2.24, 2.45) is 0 Å². The highest BCUT2D eigenvalue weighted by Gasteiger charge is 2.08. The Hall–Kier alpha value is -3.06. The fraction of sp³-hybridized carbons (Fsp3) is 0.238. The summed E-state index contributed by atoms with van der Waals surface area (Å²) in [5.74, 6) is 1.27. The minimum atomic E-state index is -0.883. The lowest BCUT2D eigenvalue weighted by molar-refractivity contribution is -0.136. The van der Waals surface area contributed by atoms with Crippen LogP contribution >= 0.6 is 11.3 Å². The third kappa shape index (κ3) is 5.47. The van der Waals surface area contributed by atoms with Gasteiger partial charge < -0.3 is 19.3 Å². The molecule has 0 bridgehead atoms. The molecule has 6 nitrogen and oxygen atoms in total. The predicted molar refractivity (Wildman–Crippen MR) is 107 cm³/mol. The Bertz CT molecular complexity index is 907. The molecule has 0 atom stereocenters. The number of thiazole rings is 1. The van der Waals surface area contributed by atoms with Gasteiger partial charge in [0.2, 0.25) is 0 Å². The van der Waals surface area contributed by atoms with E-state index in [0.717, 1.165) is 22.1 Å². The SMILES string of the molecule is CCOc1ccccc1OCCOc1ccc(-c2nc(CC(=O)O)cs2)cc1. The molecule has 28 heavy (non-hydrogen) atoms. The van der Waals surface area contributed by atoms with Crippen LogP contribution in [0.1, 0.15) is 12.6 Å². The van der Waals surface area contributed by atoms with E-state index in [1.165, 1.54) is 11.3 Å². The van der Waals surface area contributed by atoms with Gasteiger partial charge in [-0.3, -0.25) is 4.79 Å². The number of aliphatic carboxylic acids is 1. The minimum absolute atomic E-state index is 0.0654. The minimum Gasteiger partial charge on any atom is -0.490 e. The maximum atomic E-state index is 10.8. The number of benzene rings is 2. The lowest BCUT2D eigenvalue weighted by atomic mass is 10.2. The molecule has 0 saturated carbocycles. The topological polar surface area (TPSA) is 77.9 Å². The Morgan fingerprint density at radius 2 is 1.68 bits per heavy atom. The second-order valence-electron chi connectivity index (χ2n) is 5.82. The third-order valence-electron chi connectivity index (χ3n) is 3.74. The maximum Gasteiger partial charge on any atom is 0.309 e. The molecule has 2 aromatic carbocycles. The number of carbonyl (C=O) groups is 1. The van der Waals surface area contributed by atoms with Crippen molar-refractivity contribution in [3.63, 3.8) is 0 Å². The van der Waals surface area contributed by atoms with Gasteiger partial charge in [-0.15, -0.1) is 11.3 Å². The molecule has 0 aliphatic heterocycles. The number of nitrogens with zero attached hydrogens (tertiary/aromatic N) is 1. The normalized spacial score (nSPS) is 10.5. The predicted octanol–water partition coefficient (Wildman–Crippen LogP) is 4.29. The second-order valence-corrected chi connectivity index (χ2v) is 6.67. The number of aromatic nitrogens is 1. The fourth-order valence-corrected chi connectivity index (χ4v) is 3.35. The summed E-state index contributed by atoms with van der Waals surface area (Å²) in [6, 6.07) is 15.1. The van der Waals surface area contributed by atoms with Gasteiger partial charge in [0, 0.05) is 10.9 Å². The molecule has 0 aliphatic carbocycles. The number of carboxylic acids is 1. The van der Waals surface area contributed by atoms with Gasteiger partial charge in [0.1, 0.15) is 24.0 Å². The number of rotatable bonds is 10.